The molecular formula is C36H42N4O10. The number of carboxylic acid groups (broad SMARTS) is 2. The minimum atomic E-state index is -1.12. The van der Waals surface area contributed by atoms with Crippen molar-refractivity contribution < 1.29 is 48.2 Å². The van der Waals surface area contributed by atoms with E-state index in [-0.39, 0.29) is 24.5 Å². The Morgan fingerprint density at radius 1 is 0.540 bits per heavy atom. The van der Waals surface area contributed by atoms with E-state index in [0.717, 1.165) is 11.1 Å². The lowest BCUT2D eigenvalue weighted by molar-refractivity contribution is 0.0679. The molecular weight excluding hydrogens is 648 g/mol. The lowest BCUT2D eigenvalue weighted by Gasteiger charge is -2.29. The van der Waals surface area contributed by atoms with E-state index >= 15 is 0 Å². The summed E-state index contributed by atoms with van der Waals surface area (Å²) in [6.07, 6.45) is 0. The van der Waals surface area contributed by atoms with Crippen molar-refractivity contribution in [3.8, 4) is 34.5 Å². The zero-order chi connectivity index (χ0) is 36.2. The van der Waals surface area contributed by atoms with E-state index in [1.54, 1.807) is 91.2 Å². The Hall–Kier alpha value is -5.60. The summed E-state index contributed by atoms with van der Waals surface area (Å²) in [5, 5.41) is 19.2. The quantitative estimate of drug-likeness (QED) is 0.140. The van der Waals surface area contributed by atoms with E-state index in [4.69, 9.17) is 28.4 Å². The van der Waals surface area contributed by atoms with Gasteiger partial charge in [0.1, 0.15) is 45.9 Å². The SMILES string of the molecule is COc1cc(OC)c(CN(CCN(Cc2cccc(C(=O)O)n2)Cc2c(OC)cc(OC)cc2OC)Cc2cccc(C(=O)O)n2)c(OC)c1. The summed E-state index contributed by atoms with van der Waals surface area (Å²) < 4.78 is 33.8. The summed E-state index contributed by atoms with van der Waals surface area (Å²) in [4.78, 5) is 36.4. The molecule has 0 unspecified atom stereocenters. The van der Waals surface area contributed by atoms with Gasteiger partial charge in [0.05, 0.1) is 65.2 Å². The van der Waals surface area contributed by atoms with Crippen molar-refractivity contribution in [2.45, 2.75) is 26.2 Å². The van der Waals surface area contributed by atoms with E-state index in [2.05, 4.69) is 19.8 Å². The number of ether oxygens (including phenoxy) is 6. The van der Waals surface area contributed by atoms with Gasteiger partial charge in [0, 0.05) is 63.5 Å². The van der Waals surface area contributed by atoms with Gasteiger partial charge in [-0.05, 0) is 24.3 Å². The summed E-state index contributed by atoms with van der Waals surface area (Å²) in [7, 11) is 9.38. The van der Waals surface area contributed by atoms with Gasteiger partial charge in [-0.2, -0.15) is 0 Å². The monoisotopic (exact) mass is 690 g/mol. The molecule has 14 heteroatoms. The molecule has 0 aliphatic carbocycles. The van der Waals surface area contributed by atoms with Crippen molar-refractivity contribution in [3.05, 3.63) is 94.6 Å². The predicted molar refractivity (Wildman–Crippen MR) is 183 cm³/mol. The van der Waals surface area contributed by atoms with Crippen LogP contribution in [0.25, 0.3) is 0 Å². The fourth-order valence-corrected chi connectivity index (χ4v) is 5.46. The molecule has 2 heterocycles. The van der Waals surface area contributed by atoms with Gasteiger partial charge >= 0.3 is 11.9 Å². The Morgan fingerprint density at radius 2 is 0.880 bits per heavy atom. The molecule has 2 N–H and O–H groups in total. The molecule has 0 bridgehead atoms. The topological polar surface area (TPSA) is 162 Å². The van der Waals surface area contributed by atoms with Gasteiger partial charge in [-0.1, -0.05) is 12.1 Å². The first-order chi connectivity index (χ1) is 24.1. The highest BCUT2D eigenvalue weighted by Gasteiger charge is 2.22. The van der Waals surface area contributed by atoms with Crippen LogP contribution in [0, 0.1) is 0 Å². The maximum absolute atomic E-state index is 11.7. The Balaban J connectivity index is 1.74. The molecule has 0 fully saturated rings. The van der Waals surface area contributed by atoms with Crippen LogP contribution in [0.4, 0.5) is 0 Å². The molecule has 4 aromatic rings. The first-order valence-corrected chi connectivity index (χ1v) is 15.5. The summed E-state index contributed by atoms with van der Waals surface area (Å²) in [5.41, 5.74) is 2.49. The molecule has 0 atom stereocenters. The molecule has 0 saturated carbocycles. The van der Waals surface area contributed by atoms with E-state index < -0.39 is 11.9 Å². The van der Waals surface area contributed by atoms with Crippen LogP contribution in [0.5, 0.6) is 34.5 Å². The average molecular weight is 691 g/mol. The Labute approximate surface area is 290 Å². The van der Waals surface area contributed by atoms with E-state index in [0.29, 0.717) is 72.1 Å². The number of hydrogen-bond donors (Lipinski definition) is 2. The van der Waals surface area contributed by atoms with Gasteiger partial charge < -0.3 is 38.6 Å². The van der Waals surface area contributed by atoms with E-state index in [9.17, 15) is 19.8 Å². The van der Waals surface area contributed by atoms with Gasteiger partial charge in [-0.3, -0.25) is 9.80 Å². The van der Waals surface area contributed by atoms with Gasteiger partial charge in [-0.15, -0.1) is 0 Å². The van der Waals surface area contributed by atoms with Gasteiger partial charge in [0.15, 0.2) is 0 Å². The normalized spacial score (nSPS) is 11.0. The second kappa shape index (κ2) is 17.7. The van der Waals surface area contributed by atoms with Crippen LogP contribution in [-0.4, -0.2) is 97.7 Å². The zero-order valence-corrected chi connectivity index (χ0v) is 29.0. The van der Waals surface area contributed by atoms with Gasteiger partial charge in [0.2, 0.25) is 0 Å². The molecule has 0 amide bonds. The minimum Gasteiger partial charge on any atom is -0.496 e. The van der Waals surface area contributed by atoms with Crippen LogP contribution in [0.2, 0.25) is 0 Å². The smallest absolute Gasteiger partial charge is 0.354 e. The van der Waals surface area contributed by atoms with Crippen molar-refractivity contribution in [2.24, 2.45) is 0 Å². The third-order valence-electron chi connectivity index (χ3n) is 7.95. The molecule has 266 valence electrons. The number of nitrogens with zero attached hydrogens (tertiary/aromatic N) is 4. The van der Waals surface area contributed by atoms with Crippen LogP contribution >= 0.6 is 0 Å². The van der Waals surface area contributed by atoms with E-state index in [1.165, 1.54) is 12.1 Å². The first kappa shape index (κ1) is 37.2. The minimum absolute atomic E-state index is 0.0632. The first-order valence-electron chi connectivity index (χ1n) is 15.5. The highest BCUT2D eigenvalue weighted by molar-refractivity contribution is 5.85. The molecule has 14 nitrogen and oxygen atoms in total. The van der Waals surface area contributed by atoms with Crippen LogP contribution in [0.15, 0.2) is 60.7 Å². The molecule has 4 rings (SSSR count). The number of pyridine rings is 2. The third-order valence-corrected chi connectivity index (χ3v) is 7.95. The number of methoxy groups -OCH3 is 6. The average Bonchev–Trinajstić information content (AvgIpc) is 3.13. The number of carboxylic acids is 2. The Kier molecular flexibility index (Phi) is 13.2. The highest BCUT2D eigenvalue weighted by Crippen LogP contribution is 2.37. The molecule has 2 aromatic heterocycles. The highest BCUT2D eigenvalue weighted by atomic mass is 16.5. The van der Waals surface area contributed by atoms with Crippen molar-refractivity contribution in [1.82, 2.24) is 19.8 Å². The largest absolute Gasteiger partial charge is 0.496 e. The fraction of sp³-hybridized carbons (Fsp3) is 0.333. The second-order valence-electron chi connectivity index (χ2n) is 11.1. The zero-order valence-electron chi connectivity index (χ0n) is 29.0. The van der Waals surface area contributed by atoms with Crippen molar-refractivity contribution in [1.29, 1.82) is 0 Å². The number of rotatable bonds is 19. The summed E-state index contributed by atoms with van der Waals surface area (Å²) in [6, 6.07) is 16.8. The molecule has 0 saturated heterocycles. The maximum Gasteiger partial charge on any atom is 0.354 e. The van der Waals surface area contributed by atoms with Gasteiger partial charge in [0.25, 0.3) is 0 Å². The number of aromatic nitrogens is 2. The molecule has 0 radical (unpaired) electrons. The lowest BCUT2D eigenvalue weighted by Crippen LogP contribution is -2.35. The molecule has 50 heavy (non-hydrogen) atoms. The third kappa shape index (κ3) is 9.51. The number of benzene rings is 2. The summed E-state index contributed by atoms with van der Waals surface area (Å²) in [6.45, 7) is 2.13. The van der Waals surface area contributed by atoms with Crippen molar-refractivity contribution in [2.75, 3.05) is 55.7 Å². The standard InChI is InChI=1S/C36H42N4O10/c1-45-25-15-31(47-3)27(32(16-25)48-4)21-39(19-23-9-7-11-29(37-23)35(41)42)13-14-40(20-24-10-8-12-30(38-24)36(43)44)22-28-33(49-5)17-26(46-2)18-34(28)50-6/h7-12,15-18H,13-14,19-22H2,1-6H3,(H,41,42)(H,43,44). The Bertz CT molecular complexity index is 1600. The second-order valence-corrected chi connectivity index (χ2v) is 11.1. The predicted octanol–water partition coefficient (Wildman–Crippen LogP) is 4.63. The summed E-state index contributed by atoms with van der Waals surface area (Å²) >= 11 is 0. The molecule has 0 aliphatic heterocycles. The Morgan fingerprint density at radius 3 is 1.16 bits per heavy atom. The molecule has 0 aliphatic rings. The van der Waals surface area contributed by atoms with E-state index in [1.807, 2.05) is 0 Å². The van der Waals surface area contributed by atoms with Crippen LogP contribution in [-0.2, 0) is 26.2 Å². The lowest BCUT2D eigenvalue weighted by atomic mass is 10.1. The van der Waals surface area contributed by atoms with Crippen molar-refractivity contribution >= 4 is 11.9 Å². The molecule has 0 spiro atoms. The van der Waals surface area contributed by atoms with Crippen LogP contribution in [0.1, 0.15) is 43.5 Å². The van der Waals surface area contributed by atoms with Crippen molar-refractivity contribution in [3.63, 3.8) is 0 Å². The van der Waals surface area contributed by atoms with Crippen LogP contribution in [0.3, 0.4) is 0 Å². The maximum atomic E-state index is 11.7. The fourth-order valence-electron chi connectivity index (χ4n) is 5.46. The summed E-state index contributed by atoms with van der Waals surface area (Å²) in [5.74, 6) is 1.10. The molecule has 2 aromatic carbocycles. The number of carbonyl (C=O) groups is 2. The van der Waals surface area contributed by atoms with Crippen LogP contribution < -0.4 is 28.4 Å². The van der Waals surface area contributed by atoms with Gasteiger partial charge in [-0.25, -0.2) is 19.6 Å². The number of hydrogen-bond acceptors (Lipinski definition) is 12. The number of aromatic carboxylic acids is 2.